The van der Waals surface area contributed by atoms with Gasteiger partial charge >= 0.3 is 0 Å². The molecule has 0 aromatic heterocycles. The molecule has 0 aliphatic rings. The van der Waals surface area contributed by atoms with E-state index < -0.39 is 0 Å². The minimum Gasteiger partial charge on any atom is -0.362 e. The molecule has 0 saturated carbocycles. The van der Waals surface area contributed by atoms with Gasteiger partial charge < -0.3 is 15.5 Å². The topological polar surface area (TPSA) is 44.4 Å². The van der Waals surface area contributed by atoms with Crippen molar-refractivity contribution in [3.8, 4) is 0 Å². The fourth-order valence-corrected chi connectivity index (χ4v) is 2.16. The van der Waals surface area contributed by atoms with E-state index in [1.54, 1.807) is 7.05 Å². The Hall–Kier alpha value is -1.55. The fraction of sp³-hybridized carbons (Fsp3) is 0.562. The first kappa shape index (κ1) is 16.5. The van der Waals surface area contributed by atoms with Gasteiger partial charge in [-0.1, -0.05) is 19.9 Å². The number of hydrogen-bond donors (Lipinski definition) is 2. The summed E-state index contributed by atoms with van der Waals surface area (Å²) in [6.07, 6.45) is 1.02. The molecule has 20 heavy (non-hydrogen) atoms. The first-order valence-corrected chi connectivity index (χ1v) is 7.38. The molecule has 0 heterocycles. The van der Waals surface area contributed by atoms with Crippen LogP contribution in [0.15, 0.2) is 18.2 Å². The zero-order valence-corrected chi connectivity index (χ0v) is 13.1. The van der Waals surface area contributed by atoms with Crippen LogP contribution in [0.1, 0.15) is 31.4 Å². The molecule has 0 spiro atoms. The molecule has 1 rings (SSSR count). The molecule has 0 aliphatic carbocycles. The number of rotatable bonds is 8. The van der Waals surface area contributed by atoms with Crippen molar-refractivity contribution in [2.75, 3.05) is 31.6 Å². The molecular weight excluding hydrogens is 250 g/mol. The summed E-state index contributed by atoms with van der Waals surface area (Å²) in [4.78, 5) is 13.7. The molecule has 0 unspecified atom stereocenters. The number of carbonyl (C=O) groups excluding carboxylic acids is 1. The lowest BCUT2D eigenvalue weighted by Crippen LogP contribution is -2.36. The summed E-state index contributed by atoms with van der Waals surface area (Å²) in [5.74, 6) is 0.0489. The molecule has 0 bridgehead atoms. The lowest BCUT2D eigenvalue weighted by molar-refractivity contribution is -0.119. The maximum Gasteiger partial charge on any atom is 0.239 e. The smallest absolute Gasteiger partial charge is 0.239 e. The van der Waals surface area contributed by atoms with Crippen molar-refractivity contribution in [1.82, 2.24) is 10.6 Å². The van der Waals surface area contributed by atoms with E-state index in [0.717, 1.165) is 31.7 Å². The third-order valence-corrected chi connectivity index (χ3v) is 3.36. The third-order valence-electron chi connectivity index (χ3n) is 3.36. The van der Waals surface area contributed by atoms with E-state index in [0.29, 0.717) is 6.54 Å². The zero-order chi connectivity index (χ0) is 15.0. The predicted octanol–water partition coefficient (Wildman–Crippen LogP) is 2.07. The van der Waals surface area contributed by atoms with Gasteiger partial charge in [0.15, 0.2) is 0 Å². The second-order valence-electron chi connectivity index (χ2n) is 4.99. The molecular formula is C16H27N3O. The van der Waals surface area contributed by atoms with Crippen LogP contribution in [-0.2, 0) is 11.3 Å². The second-order valence-corrected chi connectivity index (χ2v) is 4.99. The van der Waals surface area contributed by atoms with Crippen molar-refractivity contribution in [3.63, 3.8) is 0 Å². The highest BCUT2D eigenvalue weighted by Crippen LogP contribution is 2.19. The number of aryl methyl sites for hydroxylation is 1. The Labute approximate surface area is 122 Å². The van der Waals surface area contributed by atoms with Crippen LogP contribution in [0.3, 0.4) is 0 Å². The number of benzene rings is 1. The molecule has 0 radical (unpaired) electrons. The highest BCUT2D eigenvalue weighted by atomic mass is 16.1. The first-order chi connectivity index (χ1) is 9.62. The Morgan fingerprint density at radius 3 is 2.60 bits per heavy atom. The molecule has 0 fully saturated rings. The summed E-state index contributed by atoms with van der Waals surface area (Å²) in [6.45, 7) is 9.53. The van der Waals surface area contributed by atoms with Crippen molar-refractivity contribution in [2.24, 2.45) is 0 Å². The SMILES string of the molecule is CCCN(CC(=O)NC)c1ccc(CNCC)c(C)c1. The van der Waals surface area contributed by atoms with Crippen LogP contribution in [0.25, 0.3) is 0 Å². The van der Waals surface area contributed by atoms with Gasteiger partial charge in [-0.25, -0.2) is 0 Å². The van der Waals surface area contributed by atoms with Gasteiger partial charge in [0.2, 0.25) is 5.91 Å². The van der Waals surface area contributed by atoms with Crippen LogP contribution < -0.4 is 15.5 Å². The average Bonchev–Trinajstić information content (AvgIpc) is 2.45. The van der Waals surface area contributed by atoms with Gasteiger partial charge in [-0.3, -0.25) is 4.79 Å². The fourth-order valence-electron chi connectivity index (χ4n) is 2.16. The molecule has 1 amide bonds. The van der Waals surface area contributed by atoms with E-state index in [9.17, 15) is 4.79 Å². The normalized spacial score (nSPS) is 10.4. The maximum atomic E-state index is 11.6. The van der Waals surface area contributed by atoms with E-state index in [-0.39, 0.29) is 5.91 Å². The largest absolute Gasteiger partial charge is 0.362 e. The van der Waals surface area contributed by atoms with Gasteiger partial charge in [-0.15, -0.1) is 0 Å². The number of amides is 1. The summed E-state index contributed by atoms with van der Waals surface area (Å²) in [6, 6.07) is 6.43. The van der Waals surface area contributed by atoms with E-state index in [4.69, 9.17) is 0 Å². The Kier molecular flexibility index (Phi) is 7.09. The monoisotopic (exact) mass is 277 g/mol. The molecule has 4 nitrogen and oxygen atoms in total. The van der Waals surface area contributed by atoms with Crippen LogP contribution in [0.2, 0.25) is 0 Å². The van der Waals surface area contributed by atoms with E-state index >= 15 is 0 Å². The van der Waals surface area contributed by atoms with Gasteiger partial charge in [0.25, 0.3) is 0 Å². The van der Waals surface area contributed by atoms with Crippen LogP contribution in [0, 0.1) is 6.92 Å². The van der Waals surface area contributed by atoms with E-state index in [2.05, 4.69) is 54.5 Å². The number of hydrogen-bond acceptors (Lipinski definition) is 3. The molecule has 112 valence electrons. The molecule has 0 atom stereocenters. The minimum atomic E-state index is 0.0489. The van der Waals surface area contributed by atoms with Crippen molar-refractivity contribution in [3.05, 3.63) is 29.3 Å². The summed E-state index contributed by atoms with van der Waals surface area (Å²) in [5.41, 5.74) is 3.70. The number of nitrogens with one attached hydrogen (secondary N) is 2. The Bertz CT molecular complexity index is 432. The van der Waals surface area contributed by atoms with Crippen LogP contribution in [0.5, 0.6) is 0 Å². The van der Waals surface area contributed by atoms with Crippen molar-refractivity contribution in [2.45, 2.75) is 33.7 Å². The number of anilines is 1. The molecule has 0 saturated heterocycles. The van der Waals surface area contributed by atoms with Crippen molar-refractivity contribution >= 4 is 11.6 Å². The Balaban J connectivity index is 2.85. The summed E-state index contributed by atoms with van der Waals surface area (Å²) in [7, 11) is 1.68. The maximum absolute atomic E-state index is 11.6. The minimum absolute atomic E-state index is 0.0489. The Morgan fingerprint density at radius 2 is 2.05 bits per heavy atom. The zero-order valence-electron chi connectivity index (χ0n) is 13.1. The second kappa shape index (κ2) is 8.59. The number of nitrogens with zero attached hydrogens (tertiary/aromatic N) is 1. The number of likely N-dealkylation sites (N-methyl/N-ethyl adjacent to an activating group) is 1. The van der Waals surface area contributed by atoms with Crippen LogP contribution in [0.4, 0.5) is 5.69 Å². The van der Waals surface area contributed by atoms with Crippen LogP contribution in [-0.4, -0.2) is 32.6 Å². The van der Waals surface area contributed by atoms with Gasteiger partial charge in [0.1, 0.15) is 0 Å². The molecule has 0 aliphatic heterocycles. The lowest BCUT2D eigenvalue weighted by atomic mass is 10.1. The molecule has 2 N–H and O–H groups in total. The number of carbonyl (C=O) groups is 1. The molecule has 1 aromatic rings. The highest BCUT2D eigenvalue weighted by molar-refractivity contribution is 5.81. The third kappa shape index (κ3) is 4.85. The van der Waals surface area contributed by atoms with Crippen molar-refractivity contribution in [1.29, 1.82) is 0 Å². The highest BCUT2D eigenvalue weighted by Gasteiger charge is 2.11. The average molecular weight is 277 g/mol. The Morgan fingerprint density at radius 1 is 1.30 bits per heavy atom. The van der Waals surface area contributed by atoms with Crippen molar-refractivity contribution < 1.29 is 4.79 Å². The van der Waals surface area contributed by atoms with Gasteiger partial charge in [0, 0.05) is 25.8 Å². The van der Waals surface area contributed by atoms with E-state index in [1.165, 1.54) is 11.1 Å². The first-order valence-electron chi connectivity index (χ1n) is 7.38. The van der Waals surface area contributed by atoms with Gasteiger partial charge in [-0.2, -0.15) is 0 Å². The standard InChI is InChI=1S/C16H27N3O/c1-5-9-19(12-16(20)17-4)15-8-7-14(11-18-6-2)13(3)10-15/h7-8,10,18H,5-6,9,11-12H2,1-4H3,(H,17,20). The summed E-state index contributed by atoms with van der Waals surface area (Å²) >= 11 is 0. The summed E-state index contributed by atoms with van der Waals surface area (Å²) in [5, 5.41) is 6.03. The summed E-state index contributed by atoms with van der Waals surface area (Å²) < 4.78 is 0. The van der Waals surface area contributed by atoms with Gasteiger partial charge in [-0.05, 0) is 43.1 Å². The quantitative estimate of drug-likeness (QED) is 0.764. The van der Waals surface area contributed by atoms with Gasteiger partial charge in [0.05, 0.1) is 6.54 Å². The predicted molar refractivity (Wildman–Crippen MR) is 85.1 cm³/mol. The molecule has 1 aromatic carbocycles. The van der Waals surface area contributed by atoms with Crippen LogP contribution >= 0.6 is 0 Å². The van der Waals surface area contributed by atoms with E-state index in [1.807, 2.05) is 0 Å². The molecule has 4 heteroatoms. The lowest BCUT2D eigenvalue weighted by Gasteiger charge is -2.24.